The van der Waals surface area contributed by atoms with Crippen molar-refractivity contribution in [1.82, 2.24) is 5.32 Å². The number of hydrogen-bond acceptors (Lipinski definition) is 4. The molecule has 24 heavy (non-hydrogen) atoms. The van der Waals surface area contributed by atoms with Gasteiger partial charge >= 0.3 is 5.97 Å². The topological polar surface area (TPSA) is 64.6 Å². The lowest BCUT2D eigenvalue weighted by atomic mass is 10.2. The SMILES string of the molecule is COc1ccc(CNC(=O)COC(=O)c2c(F)cccc2F)cc1. The highest BCUT2D eigenvalue weighted by molar-refractivity contribution is 5.91. The quantitative estimate of drug-likeness (QED) is 0.824. The van der Waals surface area contributed by atoms with Gasteiger partial charge in [-0.1, -0.05) is 18.2 Å². The fraction of sp³-hybridized carbons (Fsp3) is 0.176. The van der Waals surface area contributed by atoms with Crippen LogP contribution < -0.4 is 10.1 Å². The van der Waals surface area contributed by atoms with E-state index >= 15 is 0 Å². The van der Waals surface area contributed by atoms with Gasteiger partial charge in [0.15, 0.2) is 6.61 Å². The number of rotatable bonds is 6. The van der Waals surface area contributed by atoms with Gasteiger partial charge in [-0.2, -0.15) is 0 Å². The van der Waals surface area contributed by atoms with Gasteiger partial charge in [0.25, 0.3) is 5.91 Å². The zero-order valence-corrected chi connectivity index (χ0v) is 12.8. The van der Waals surface area contributed by atoms with E-state index in [9.17, 15) is 18.4 Å². The summed E-state index contributed by atoms with van der Waals surface area (Å²) in [5.74, 6) is -3.22. The third-order valence-electron chi connectivity index (χ3n) is 3.15. The van der Waals surface area contributed by atoms with Gasteiger partial charge in [-0.15, -0.1) is 0 Å². The highest BCUT2D eigenvalue weighted by Gasteiger charge is 2.19. The Morgan fingerprint density at radius 2 is 1.67 bits per heavy atom. The van der Waals surface area contributed by atoms with Gasteiger partial charge in [0.2, 0.25) is 0 Å². The van der Waals surface area contributed by atoms with Gasteiger partial charge in [-0.3, -0.25) is 4.79 Å². The van der Waals surface area contributed by atoms with Gasteiger partial charge in [-0.05, 0) is 29.8 Å². The van der Waals surface area contributed by atoms with Crippen molar-refractivity contribution in [1.29, 1.82) is 0 Å². The molecular weight excluding hydrogens is 320 g/mol. The Hall–Kier alpha value is -2.96. The number of hydrogen-bond donors (Lipinski definition) is 1. The van der Waals surface area contributed by atoms with Crippen LogP contribution in [0.25, 0.3) is 0 Å². The van der Waals surface area contributed by atoms with Crippen molar-refractivity contribution < 1.29 is 27.8 Å². The molecule has 0 saturated heterocycles. The lowest BCUT2D eigenvalue weighted by Gasteiger charge is -2.08. The second-order valence-corrected chi connectivity index (χ2v) is 4.80. The van der Waals surface area contributed by atoms with E-state index in [1.165, 1.54) is 0 Å². The predicted molar refractivity (Wildman–Crippen MR) is 81.5 cm³/mol. The van der Waals surface area contributed by atoms with Crippen LogP contribution in [0, 0.1) is 11.6 Å². The number of nitrogens with one attached hydrogen (secondary N) is 1. The van der Waals surface area contributed by atoms with E-state index in [0.717, 1.165) is 23.8 Å². The van der Waals surface area contributed by atoms with E-state index < -0.39 is 35.7 Å². The largest absolute Gasteiger partial charge is 0.497 e. The monoisotopic (exact) mass is 335 g/mol. The number of ether oxygens (including phenoxy) is 2. The van der Waals surface area contributed by atoms with Gasteiger partial charge < -0.3 is 14.8 Å². The average molecular weight is 335 g/mol. The fourth-order valence-corrected chi connectivity index (χ4v) is 1.89. The maximum atomic E-state index is 13.4. The van der Waals surface area contributed by atoms with Crippen molar-refractivity contribution in [2.45, 2.75) is 6.54 Å². The maximum absolute atomic E-state index is 13.4. The smallest absolute Gasteiger partial charge is 0.344 e. The first kappa shape index (κ1) is 17.4. The Kier molecular flexibility index (Phi) is 5.83. The lowest BCUT2D eigenvalue weighted by molar-refractivity contribution is -0.124. The van der Waals surface area contributed by atoms with Gasteiger partial charge in [0, 0.05) is 6.54 Å². The predicted octanol–water partition coefficient (Wildman–Crippen LogP) is 2.45. The minimum atomic E-state index is -1.23. The van der Waals surface area contributed by atoms with Crippen LogP contribution in [0.4, 0.5) is 8.78 Å². The van der Waals surface area contributed by atoms with E-state index in [1.807, 2.05) is 0 Å². The molecular formula is C17H15F2NO4. The average Bonchev–Trinajstić information content (AvgIpc) is 2.58. The Bertz CT molecular complexity index is 712. The molecule has 0 aliphatic heterocycles. The molecule has 0 aromatic heterocycles. The molecule has 0 aliphatic carbocycles. The molecule has 0 bridgehead atoms. The molecule has 2 aromatic carbocycles. The third kappa shape index (κ3) is 4.52. The van der Waals surface area contributed by atoms with E-state index in [4.69, 9.17) is 4.74 Å². The van der Waals surface area contributed by atoms with Crippen LogP contribution in [-0.2, 0) is 16.1 Å². The van der Waals surface area contributed by atoms with E-state index in [-0.39, 0.29) is 6.54 Å². The fourth-order valence-electron chi connectivity index (χ4n) is 1.89. The van der Waals surface area contributed by atoms with E-state index in [1.54, 1.807) is 31.4 Å². The molecule has 7 heteroatoms. The van der Waals surface area contributed by atoms with Crippen LogP contribution in [0.15, 0.2) is 42.5 Å². The molecule has 2 rings (SSSR count). The molecule has 0 radical (unpaired) electrons. The standard InChI is InChI=1S/C17H15F2NO4/c1-23-12-7-5-11(6-8-12)9-20-15(21)10-24-17(22)16-13(18)3-2-4-14(16)19/h2-8H,9-10H2,1H3,(H,20,21). The Balaban J connectivity index is 1.83. The van der Waals surface area contributed by atoms with Crippen molar-refractivity contribution in [3.63, 3.8) is 0 Å². The minimum absolute atomic E-state index is 0.217. The zero-order chi connectivity index (χ0) is 17.5. The molecule has 0 atom stereocenters. The summed E-state index contributed by atoms with van der Waals surface area (Å²) in [6, 6.07) is 10.0. The first-order valence-electron chi connectivity index (χ1n) is 7.02. The molecule has 1 amide bonds. The van der Waals surface area contributed by atoms with Gasteiger partial charge in [-0.25, -0.2) is 13.6 Å². The number of carbonyl (C=O) groups is 2. The second-order valence-electron chi connectivity index (χ2n) is 4.80. The number of benzene rings is 2. The summed E-state index contributed by atoms with van der Waals surface area (Å²) in [6.45, 7) is -0.419. The van der Waals surface area contributed by atoms with Crippen molar-refractivity contribution in [2.24, 2.45) is 0 Å². The van der Waals surface area contributed by atoms with Crippen LogP contribution in [0.3, 0.4) is 0 Å². The lowest BCUT2D eigenvalue weighted by Crippen LogP contribution is -2.28. The van der Waals surface area contributed by atoms with Crippen molar-refractivity contribution in [3.8, 4) is 5.75 Å². The van der Waals surface area contributed by atoms with Crippen molar-refractivity contribution >= 4 is 11.9 Å². The molecule has 0 fully saturated rings. The number of carbonyl (C=O) groups excluding carboxylic acids is 2. The first-order chi connectivity index (χ1) is 11.5. The highest BCUT2D eigenvalue weighted by Crippen LogP contribution is 2.13. The number of amides is 1. The van der Waals surface area contributed by atoms with Crippen LogP contribution in [0.2, 0.25) is 0 Å². The van der Waals surface area contributed by atoms with Crippen LogP contribution in [-0.4, -0.2) is 25.6 Å². The number of halogens is 2. The molecule has 126 valence electrons. The molecule has 0 unspecified atom stereocenters. The Labute approximate surface area is 137 Å². The molecule has 5 nitrogen and oxygen atoms in total. The van der Waals surface area contributed by atoms with Gasteiger partial charge in [0.05, 0.1) is 7.11 Å². The summed E-state index contributed by atoms with van der Waals surface area (Å²) in [5, 5.41) is 2.53. The summed E-state index contributed by atoms with van der Waals surface area (Å²) in [5.41, 5.74) is -0.00363. The Morgan fingerprint density at radius 3 is 2.25 bits per heavy atom. The van der Waals surface area contributed by atoms with Crippen LogP contribution in [0.5, 0.6) is 5.75 Å². The van der Waals surface area contributed by atoms with Gasteiger partial charge in [0.1, 0.15) is 22.9 Å². The summed E-state index contributed by atoms with van der Waals surface area (Å²) < 4.78 is 36.5. The van der Waals surface area contributed by atoms with Crippen molar-refractivity contribution in [3.05, 3.63) is 65.2 Å². The molecule has 0 spiro atoms. The first-order valence-corrected chi connectivity index (χ1v) is 7.02. The van der Waals surface area contributed by atoms with E-state index in [2.05, 4.69) is 10.1 Å². The maximum Gasteiger partial charge on any atom is 0.344 e. The minimum Gasteiger partial charge on any atom is -0.497 e. The molecule has 0 aliphatic rings. The molecule has 1 N–H and O–H groups in total. The summed E-state index contributed by atoms with van der Waals surface area (Å²) in [7, 11) is 1.55. The normalized spacial score (nSPS) is 10.1. The van der Waals surface area contributed by atoms with Crippen molar-refractivity contribution in [2.75, 3.05) is 13.7 Å². The zero-order valence-electron chi connectivity index (χ0n) is 12.8. The summed E-state index contributed by atoms with van der Waals surface area (Å²) >= 11 is 0. The molecule has 2 aromatic rings. The Morgan fingerprint density at radius 1 is 1.04 bits per heavy atom. The van der Waals surface area contributed by atoms with E-state index in [0.29, 0.717) is 5.75 Å². The third-order valence-corrected chi connectivity index (χ3v) is 3.15. The van der Waals surface area contributed by atoms with Crippen LogP contribution in [0.1, 0.15) is 15.9 Å². The van der Waals surface area contributed by atoms with Crippen LogP contribution >= 0.6 is 0 Å². The molecule has 0 heterocycles. The highest BCUT2D eigenvalue weighted by atomic mass is 19.1. The second kappa shape index (κ2) is 8.05. The summed E-state index contributed by atoms with van der Waals surface area (Å²) in [4.78, 5) is 23.3. The summed E-state index contributed by atoms with van der Waals surface area (Å²) in [6.07, 6.45) is 0. The number of methoxy groups -OCH3 is 1. The molecule has 0 saturated carbocycles. The number of esters is 1.